The van der Waals surface area contributed by atoms with Crippen LogP contribution in [0.3, 0.4) is 0 Å². The molecule has 134 valence electrons. The van der Waals surface area contributed by atoms with Crippen LogP contribution in [-0.4, -0.2) is 38.5 Å². The summed E-state index contributed by atoms with van der Waals surface area (Å²) in [5.41, 5.74) is 1.38. The Labute approximate surface area is 150 Å². The van der Waals surface area contributed by atoms with Gasteiger partial charge in [0.2, 0.25) is 11.9 Å². The van der Waals surface area contributed by atoms with Gasteiger partial charge in [-0.1, -0.05) is 30.3 Å². The molecule has 0 aliphatic carbocycles. The predicted molar refractivity (Wildman–Crippen MR) is 98.8 cm³/mol. The average Bonchev–Trinajstić information content (AvgIpc) is 3.07. The third-order valence-corrected chi connectivity index (χ3v) is 3.67. The van der Waals surface area contributed by atoms with Gasteiger partial charge in [-0.2, -0.15) is 0 Å². The summed E-state index contributed by atoms with van der Waals surface area (Å²) in [4.78, 5) is 34.6. The Morgan fingerprint density at radius 2 is 2.04 bits per heavy atom. The molecule has 3 aromatic rings. The maximum atomic E-state index is 12.2. The van der Waals surface area contributed by atoms with Gasteiger partial charge in [-0.25, -0.2) is 9.97 Å². The lowest BCUT2D eigenvalue weighted by atomic mass is 10.2. The van der Waals surface area contributed by atoms with Crippen molar-refractivity contribution in [2.24, 2.45) is 0 Å². The molecule has 1 amide bonds. The van der Waals surface area contributed by atoms with Crippen molar-refractivity contribution in [3.05, 3.63) is 64.8 Å². The lowest BCUT2D eigenvalue weighted by Crippen LogP contribution is -2.32. The summed E-state index contributed by atoms with van der Waals surface area (Å²) in [7, 11) is 0. The number of amides is 1. The van der Waals surface area contributed by atoms with E-state index in [0.29, 0.717) is 24.7 Å². The SMILES string of the molecule is Cc1cc(=O)[nH]c(NCCNC(=O)Cn2ccnc2-c2ccccc2)n1. The van der Waals surface area contributed by atoms with E-state index >= 15 is 0 Å². The standard InChI is InChI=1S/C18H20N6O2/c1-13-11-15(25)23-18(22-13)21-8-7-19-16(26)12-24-10-9-20-17(24)14-5-3-2-4-6-14/h2-6,9-11H,7-8,12H2,1H3,(H,19,26)(H2,21,22,23,25). The minimum atomic E-state index is -0.211. The highest BCUT2D eigenvalue weighted by Gasteiger charge is 2.09. The van der Waals surface area contributed by atoms with Crippen molar-refractivity contribution in [1.29, 1.82) is 0 Å². The van der Waals surface area contributed by atoms with E-state index in [9.17, 15) is 9.59 Å². The van der Waals surface area contributed by atoms with Crippen LogP contribution >= 0.6 is 0 Å². The molecule has 1 aromatic carbocycles. The van der Waals surface area contributed by atoms with Gasteiger partial charge in [0, 0.05) is 42.8 Å². The van der Waals surface area contributed by atoms with Crippen LogP contribution in [0.15, 0.2) is 53.6 Å². The molecule has 26 heavy (non-hydrogen) atoms. The van der Waals surface area contributed by atoms with Gasteiger partial charge in [0.05, 0.1) is 0 Å². The number of anilines is 1. The fourth-order valence-corrected chi connectivity index (χ4v) is 2.54. The van der Waals surface area contributed by atoms with Crippen molar-refractivity contribution >= 4 is 11.9 Å². The van der Waals surface area contributed by atoms with Gasteiger partial charge in [0.1, 0.15) is 12.4 Å². The van der Waals surface area contributed by atoms with Gasteiger partial charge in [-0.3, -0.25) is 14.6 Å². The number of aromatic nitrogens is 4. The largest absolute Gasteiger partial charge is 0.354 e. The van der Waals surface area contributed by atoms with E-state index < -0.39 is 0 Å². The van der Waals surface area contributed by atoms with Gasteiger partial charge >= 0.3 is 0 Å². The molecule has 0 spiro atoms. The molecule has 3 N–H and O–H groups in total. The number of nitrogens with one attached hydrogen (secondary N) is 3. The zero-order chi connectivity index (χ0) is 18.4. The Morgan fingerprint density at radius 1 is 1.23 bits per heavy atom. The molecule has 0 aliphatic rings. The van der Waals surface area contributed by atoms with Crippen LogP contribution in [0, 0.1) is 6.92 Å². The lowest BCUT2D eigenvalue weighted by molar-refractivity contribution is -0.121. The molecule has 2 heterocycles. The first-order valence-corrected chi connectivity index (χ1v) is 8.27. The van der Waals surface area contributed by atoms with Gasteiger partial charge in [-0.05, 0) is 6.92 Å². The summed E-state index contributed by atoms with van der Waals surface area (Å²) in [5.74, 6) is 1.03. The minimum Gasteiger partial charge on any atom is -0.354 e. The van der Waals surface area contributed by atoms with Crippen LogP contribution in [0.1, 0.15) is 5.69 Å². The smallest absolute Gasteiger partial charge is 0.252 e. The molecule has 0 aliphatic heterocycles. The van der Waals surface area contributed by atoms with Gasteiger partial charge in [0.25, 0.3) is 5.56 Å². The molecule has 0 atom stereocenters. The van der Waals surface area contributed by atoms with E-state index in [2.05, 4.69) is 25.6 Å². The highest BCUT2D eigenvalue weighted by atomic mass is 16.2. The second-order valence-electron chi connectivity index (χ2n) is 5.76. The van der Waals surface area contributed by atoms with E-state index in [0.717, 1.165) is 11.4 Å². The summed E-state index contributed by atoms with van der Waals surface area (Å²) in [6, 6.07) is 11.1. The number of H-pyrrole nitrogens is 1. The van der Waals surface area contributed by atoms with E-state index in [4.69, 9.17) is 0 Å². The van der Waals surface area contributed by atoms with E-state index in [1.807, 2.05) is 30.3 Å². The summed E-state index contributed by atoms with van der Waals surface area (Å²) < 4.78 is 1.80. The molecular weight excluding hydrogens is 332 g/mol. The molecular formula is C18H20N6O2. The van der Waals surface area contributed by atoms with Crippen molar-refractivity contribution in [2.75, 3.05) is 18.4 Å². The van der Waals surface area contributed by atoms with E-state index in [1.165, 1.54) is 6.07 Å². The predicted octanol–water partition coefficient (Wildman–Crippen LogP) is 1.17. The second-order valence-corrected chi connectivity index (χ2v) is 5.76. The maximum Gasteiger partial charge on any atom is 0.252 e. The molecule has 0 fully saturated rings. The Morgan fingerprint density at radius 3 is 2.81 bits per heavy atom. The molecule has 8 heteroatoms. The van der Waals surface area contributed by atoms with Crippen LogP contribution in [0.2, 0.25) is 0 Å². The fraction of sp³-hybridized carbons (Fsp3) is 0.222. The number of carbonyl (C=O) groups is 1. The molecule has 2 aromatic heterocycles. The van der Waals surface area contributed by atoms with Gasteiger partial charge < -0.3 is 15.2 Å². The third kappa shape index (κ3) is 4.56. The zero-order valence-corrected chi connectivity index (χ0v) is 14.4. The highest BCUT2D eigenvalue weighted by molar-refractivity contribution is 5.76. The van der Waals surface area contributed by atoms with Crippen LogP contribution in [0.25, 0.3) is 11.4 Å². The number of aryl methyl sites for hydroxylation is 1. The van der Waals surface area contributed by atoms with E-state index in [-0.39, 0.29) is 18.0 Å². The summed E-state index contributed by atoms with van der Waals surface area (Å²) in [5, 5.41) is 5.81. The number of hydrogen-bond donors (Lipinski definition) is 3. The average molecular weight is 352 g/mol. The number of aromatic amines is 1. The monoisotopic (exact) mass is 352 g/mol. The highest BCUT2D eigenvalue weighted by Crippen LogP contribution is 2.16. The number of imidazole rings is 1. The summed E-state index contributed by atoms with van der Waals surface area (Å²) >= 11 is 0. The maximum absolute atomic E-state index is 12.2. The normalized spacial score (nSPS) is 10.5. The lowest BCUT2D eigenvalue weighted by Gasteiger charge is -2.10. The first kappa shape index (κ1) is 17.4. The summed E-state index contributed by atoms with van der Waals surface area (Å²) in [6.45, 7) is 2.79. The molecule has 0 unspecified atom stereocenters. The van der Waals surface area contributed by atoms with Crippen molar-refractivity contribution in [3.63, 3.8) is 0 Å². The van der Waals surface area contributed by atoms with Gasteiger partial charge in [-0.15, -0.1) is 0 Å². The molecule has 0 saturated carbocycles. The van der Waals surface area contributed by atoms with Crippen LogP contribution in [-0.2, 0) is 11.3 Å². The second kappa shape index (κ2) is 8.11. The van der Waals surface area contributed by atoms with Crippen molar-refractivity contribution in [1.82, 2.24) is 24.8 Å². The number of carbonyl (C=O) groups excluding carboxylic acids is 1. The fourth-order valence-electron chi connectivity index (χ4n) is 2.54. The number of hydrogen-bond acceptors (Lipinski definition) is 5. The van der Waals surface area contributed by atoms with Crippen LogP contribution in [0.4, 0.5) is 5.95 Å². The first-order valence-electron chi connectivity index (χ1n) is 8.27. The van der Waals surface area contributed by atoms with Crippen molar-refractivity contribution in [3.8, 4) is 11.4 Å². The molecule has 0 bridgehead atoms. The third-order valence-electron chi connectivity index (χ3n) is 3.67. The topological polar surface area (TPSA) is 105 Å². The number of benzene rings is 1. The summed E-state index contributed by atoms with van der Waals surface area (Å²) in [6.07, 6.45) is 3.46. The molecule has 0 radical (unpaired) electrons. The van der Waals surface area contributed by atoms with Crippen molar-refractivity contribution in [2.45, 2.75) is 13.5 Å². The quantitative estimate of drug-likeness (QED) is 0.554. The van der Waals surface area contributed by atoms with Gasteiger partial charge in [0.15, 0.2) is 0 Å². The zero-order valence-electron chi connectivity index (χ0n) is 14.4. The molecule has 8 nitrogen and oxygen atoms in total. The van der Waals surface area contributed by atoms with Crippen molar-refractivity contribution < 1.29 is 4.79 Å². The first-order chi connectivity index (χ1) is 12.6. The number of nitrogens with zero attached hydrogens (tertiary/aromatic N) is 3. The number of rotatable bonds is 7. The molecule has 3 rings (SSSR count). The minimum absolute atomic E-state index is 0.118. The molecule has 0 saturated heterocycles. The Hall–Kier alpha value is -3.42. The Kier molecular flexibility index (Phi) is 5.43. The Balaban J connectivity index is 1.49. The Bertz CT molecular complexity index is 932. The van der Waals surface area contributed by atoms with Crippen LogP contribution in [0.5, 0.6) is 0 Å². The van der Waals surface area contributed by atoms with Crippen LogP contribution < -0.4 is 16.2 Å². The van der Waals surface area contributed by atoms with E-state index in [1.54, 1.807) is 23.9 Å².